The lowest BCUT2D eigenvalue weighted by atomic mass is 10.2. The smallest absolute Gasteiger partial charge is 0.410 e. The number of carbonyl (C=O) groups is 2. The van der Waals surface area contributed by atoms with E-state index in [-0.39, 0.29) is 12.0 Å². The molecular weight excluding hydrogens is 406 g/mol. The van der Waals surface area contributed by atoms with E-state index in [1.165, 1.54) is 22.3 Å². The molecule has 1 N–H and O–H groups in total. The summed E-state index contributed by atoms with van der Waals surface area (Å²) < 4.78 is 6.95. The van der Waals surface area contributed by atoms with Gasteiger partial charge in [-0.3, -0.25) is 10.1 Å². The van der Waals surface area contributed by atoms with Crippen LogP contribution in [-0.2, 0) is 17.7 Å². The van der Waals surface area contributed by atoms with Crippen LogP contribution in [0.4, 0.5) is 9.93 Å². The zero-order chi connectivity index (χ0) is 21.3. The van der Waals surface area contributed by atoms with Crippen LogP contribution < -0.4 is 5.32 Å². The number of nitrogens with one attached hydrogen (secondary N) is 1. The average molecular weight is 427 g/mol. The maximum atomic E-state index is 12.6. The highest BCUT2D eigenvalue weighted by atomic mass is 32.1. The number of ether oxygens (including phenoxy) is 1. The molecule has 1 aliphatic heterocycles. The zero-order valence-electron chi connectivity index (χ0n) is 16.8. The Labute approximate surface area is 176 Å². The summed E-state index contributed by atoms with van der Waals surface area (Å²) in [6.45, 7) is 6.50. The van der Waals surface area contributed by atoms with Gasteiger partial charge in [0.15, 0.2) is 5.13 Å². The molecule has 0 atom stereocenters. The summed E-state index contributed by atoms with van der Waals surface area (Å²) in [5.41, 5.74) is 1.62. The van der Waals surface area contributed by atoms with Crippen LogP contribution in [0.3, 0.4) is 0 Å². The monoisotopic (exact) mass is 427 g/mol. The van der Waals surface area contributed by atoms with Crippen molar-refractivity contribution in [2.45, 2.75) is 39.3 Å². The molecule has 0 bridgehead atoms. The van der Waals surface area contributed by atoms with Crippen LogP contribution in [-0.4, -0.2) is 54.2 Å². The van der Waals surface area contributed by atoms with E-state index in [2.05, 4.69) is 25.8 Å². The Morgan fingerprint density at radius 3 is 2.63 bits per heavy atom. The predicted octanol–water partition coefficient (Wildman–Crippen LogP) is 2.66. The maximum Gasteiger partial charge on any atom is 0.410 e. The number of thiazole rings is 1. The number of tetrazole rings is 1. The largest absolute Gasteiger partial charge is 0.444 e. The van der Waals surface area contributed by atoms with Crippen LogP contribution in [0.1, 0.15) is 41.7 Å². The molecule has 0 unspecified atom stereocenters. The van der Waals surface area contributed by atoms with E-state index >= 15 is 0 Å². The molecule has 2 aromatic heterocycles. The molecule has 1 aromatic carbocycles. The van der Waals surface area contributed by atoms with Crippen LogP contribution in [0, 0.1) is 0 Å². The molecule has 156 valence electrons. The van der Waals surface area contributed by atoms with E-state index in [9.17, 15) is 9.59 Å². The van der Waals surface area contributed by atoms with Crippen molar-refractivity contribution in [2.75, 3.05) is 11.9 Å². The molecule has 3 heterocycles. The standard InChI is InChI=1S/C19H21N7O3S/c1-19(2,3)29-18(28)25-9-8-14-15(10-25)30-17(21-14)22-16(27)12-4-6-13(7-5-12)26-11-20-23-24-26/h4-7,11H,8-10H2,1-3H3,(H,21,22,27). The molecule has 0 saturated carbocycles. The van der Waals surface area contributed by atoms with E-state index in [4.69, 9.17) is 4.74 Å². The first kappa shape index (κ1) is 20.0. The normalized spacial score (nSPS) is 13.6. The number of carbonyl (C=O) groups excluding carboxylic acids is 2. The average Bonchev–Trinajstić information content (AvgIpc) is 3.35. The SMILES string of the molecule is CC(C)(C)OC(=O)N1CCc2nc(NC(=O)c3ccc(-n4cnnn4)cc3)sc2C1. The van der Waals surface area contributed by atoms with Crippen molar-refractivity contribution in [1.82, 2.24) is 30.1 Å². The highest BCUT2D eigenvalue weighted by Gasteiger charge is 2.28. The van der Waals surface area contributed by atoms with Gasteiger partial charge in [-0.25, -0.2) is 14.5 Å². The lowest BCUT2D eigenvalue weighted by Gasteiger charge is -2.29. The maximum absolute atomic E-state index is 12.6. The highest BCUT2D eigenvalue weighted by molar-refractivity contribution is 7.15. The molecule has 11 heteroatoms. The summed E-state index contributed by atoms with van der Waals surface area (Å²) in [6, 6.07) is 6.92. The fourth-order valence-electron chi connectivity index (χ4n) is 2.95. The Bertz CT molecular complexity index is 1050. The molecule has 0 saturated heterocycles. The zero-order valence-corrected chi connectivity index (χ0v) is 17.6. The van der Waals surface area contributed by atoms with Crippen molar-refractivity contribution in [2.24, 2.45) is 0 Å². The van der Waals surface area contributed by atoms with Gasteiger partial charge < -0.3 is 9.64 Å². The first-order valence-corrected chi connectivity index (χ1v) is 10.2. The lowest BCUT2D eigenvalue weighted by Crippen LogP contribution is -2.39. The minimum atomic E-state index is -0.538. The summed E-state index contributed by atoms with van der Waals surface area (Å²) >= 11 is 1.38. The third-order valence-corrected chi connectivity index (χ3v) is 5.34. The van der Waals surface area contributed by atoms with E-state index in [0.717, 1.165) is 16.3 Å². The number of aromatic nitrogens is 5. The molecular formula is C19H21N7O3S. The predicted molar refractivity (Wildman–Crippen MR) is 110 cm³/mol. The Balaban J connectivity index is 1.41. The van der Waals surface area contributed by atoms with E-state index < -0.39 is 5.60 Å². The molecule has 2 amide bonds. The number of fused-ring (bicyclic) bond motifs is 1. The van der Waals surface area contributed by atoms with Gasteiger partial charge in [0.25, 0.3) is 5.91 Å². The molecule has 0 aliphatic carbocycles. The number of benzene rings is 1. The second-order valence-corrected chi connectivity index (χ2v) is 8.88. The summed E-state index contributed by atoms with van der Waals surface area (Å²) in [7, 11) is 0. The van der Waals surface area contributed by atoms with Gasteiger partial charge >= 0.3 is 6.09 Å². The third kappa shape index (κ3) is 4.46. The van der Waals surface area contributed by atoms with Gasteiger partial charge in [0.1, 0.15) is 11.9 Å². The highest BCUT2D eigenvalue weighted by Crippen LogP contribution is 2.29. The van der Waals surface area contributed by atoms with E-state index in [1.54, 1.807) is 29.2 Å². The number of nitrogens with zero attached hydrogens (tertiary/aromatic N) is 6. The molecule has 10 nitrogen and oxygen atoms in total. The summed E-state index contributed by atoms with van der Waals surface area (Å²) in [5.74, 6) is -0.256. The summed E-state index contributed by atoms with van der Waals surface area (Å²) in [6.07, 6.45) is 1.77. The molecule has 0 spiro atoms. The Kier molecular flexibility index (Phi) is 5.20. The second-order valence-electron chi connectivity index (χ2n) is 7.80. The van der Waals surface area contributed by atoms with Crippen molar-refractivity contribution < 1.29 is 14.3 Å². The van der Waals surface area contributed by atoms with Gasteiger partial charge in [0.05, 0.1) is 17.9 Å². The van der Waals surface area contributed by atoms with Crippen LogP contribution in [0.5, 0.6) is 0 Å². The van der Waals surface area contributed by atoms with Crippen molar-refractivity contribution in [3.63, 3.8) is 0 Å². The number of amides is 2. The summed E-state index contributed by atoms with van der Waals surface area (Å²) in [5, 5.41) is 14.3. The lowest BCUT2D eigenvalue weighted by molar-refractivity contribution is 0.0225. The van der Waals surface area contributed by atoms with Gasteiger partial charge in [-0.1, -0.05) is 11.3 Å². The summed E-state index contributed by atoms with van der Waals surface area (Å²) in [4.78, 5) is 32.0. The molecule has 0 radical (unpaired) electrons. The van der Waals surface area contributed by atoms with Crippen LogP contribution >= 0.6 is 11.3 Å². The minimum Gasteiger partial charge on any atom is -0.444 e. The quantitative estimate of drug-likeness (QED) is 0.683. The molecule has 1 aliphatic rings. The Morgan fingerprint density at radius 1 is 1.20 bits per heavy atom. The van der Waals surface area contributed by atoms with Crippen molar-refractivity contribution in [3.05, 3.63) is 46.7 Å². The molecule has 4 rings (SSSR count). The van der Waals surface area contributed by atoms with Crippen molar-refractivity contribution in [1.29, 1.82) is 0 Å². The first-order chi connectivity index (χ1) is 14.3. The van der Waals surface area contributed by atoms with E-state index in [1.807, 2.05) is 20.8 Å². The van der Waals surface area contributed by atoms with Gasteiger partial charge in [0, 0.05) is 23.4 Å². The number of hydrogen-bond acceptors (Lipinski definition) is 8. The fourth-order valence-corrected chi connectivity index (χ4v) is 3.96. The fraction of sp³-hybridized carbons (Fsp3) is 0.368. The second kappa shape index (κ2) is 7.82. The van der Waals surface area contributed by atoms with Gasteiger partial charge in [-0.05, 0) is 55.5 Å². The van der Waals surface area contributed by atoms with Crippen molar-refractivity contribution >= 4 is 28.5 Å². The topological polar surface area (TPSA) is 115 Å². The van der Waals surface area contributed by atoms with Crippen LogP contribution in [0.15, 0.2) is 30.6 Å². The Hall–Kier alpha value is -3.34. The number of anilines is 1. The molecule has 30 heavy (non-hydrogen) atoms. The first-order valence-electron chi connectivity index (χ1n) is 9.40. The van der Waals surface area contributed by atoms with Crippen LogP contribution in [0.25, 0.3) is 5.69 Å². The molecule has 0 fully saturated rings. The van der Waals surface area contributed by atoms with Gasteiger partial charge in [0.2, 0.25) is 0 Å². The number of hydrogen-bond donors (Lipinski definition) is 1. The van der Waals surface area contributed by atoms with Crippen LogP contribution in [0.2, 0.25) is 0 Å². The minimum absolute atomic E-state index is 0.256. The Morgan fingerprint density at radius 2 is 1.97 bits per heavy atom. The number of rotatable bonds is 3. The van der Waals surface area contributed by atoms with Crippen molar-refractivity contribution in [3.8, 4) is 5.69 Å². The van der Waals surface area contributed by atoms with Gasteiger partial charge in [-0.15, -0.1) is 5.10 Å². The van der Waals surface area contributed by atoms with Gasteiger partial charge in [-0.2, -0.15) is 0 Å². The molecule has 3 aromatic rings. The third-order valence-electron chi connectivity index (χ3n) is 4.35. The van der Waals surface area contributed by atoms with E-state index in [0.29, 0.717) is 30.2 Å².